The SMILES string of the molecule is O=C(O)CSCc1cnn(-c2ccc(F)cc2)c1-n1cccc1. The van der Waals surface area contributed by atoms with Gasteiger partial charge in [0.1, 0.15) is 11.6 Å². The molecule has 0 atom stereocenters. The molecule has 0 amide bonds. The number of carbonyl (C=O) groups is 1. The van der Waals surface area contributed by atoms with Crippen molar-refractivity contribution in [1.29, 1.82) is 0 Å². The van der Waals surface area contributed by atoms with Crippen LogP contribution in [0.25, 0.3) is 11.5 Å². The summed E-state index contributed by atoms with van der Waals surface area (Å²) in [6.07, 6.45) is 5.50. The summed E-state index contributed by atoms with van der Waals surface area (Å²) >= 11 is 1.31. The molecule has 0 unspecified atom stereocenters. The van der Waals surface area contributed by atoms with Crippen molar-refractivity contribution >= 4 is 17.7 Å². The molecule has 2 heterocycles. The Bertz CT molecular complexity index is 797. The lowest BCUT2D eigenvalue weighted by Gasteiger charge is -2.11. The molecule has 0 aliphatic rings. The van der Waals surface area contributed by atoms with Gasteiger partial charge in [-0.15, -0.1) is 11.8 Å². The van der Waals surface area contributed by atoms with Crippen molar-refractivity contribution in [3.63, 3.8) is 0 Å². The van der Waals surface area contributed by atoms with Crippen LogP contribution in [0.4, 0.5) is 4.39 Å². The molecule has 0 saturated heterocycles. The van der Waals surface area contributed by atoms with Crippen molar-refractivity contribution in [3.8, 4) is 11.5 Å². The molecule has 0 bridgehead atoms. The first-order chi connectivity index (χ1) is 11.1. The molecule has 3 rings (SSSR count). The van der Waals surface area contributed by atoms with E-state index in [2.05, 4.69) is 5.10 Å². The van der Waals surface area contributed by atoms with Gasteiger partial charge in [-0.05, 0) is 36.4 Å². The highest BCUT2D eigenvalue weighted by Gasteiger charge is 2.14. The Morgan fingerprint density at radius 3 is 2.57 bits per heavy atom. The summed E-state index contributed by atoms with van der Waals surface area (Å²) < 4.78 is 16.8. The van der Waals surface area contributed by atoms with Crippen molar-refractivity contribution < 1.29 is 14.3 Å². The first-order valence-corrected chi connectivity index (χ1v) is 8.06. The first kappa shape index (κ1) is 15.4. The summed E-state index contributed by atoms with van der Waals surface area (Å²) in [5.74, 6) is 0.233. The van der Waals surface area contributed by atoms with Crippen LogP contribution in [0, 0.1) is 5.82 Å². The average molecular weight is 331 g/mol. The number of rotatable bonds is 6. The predicted octanol–water partition coefficient (Wildman–Crippen LogP) is 3.12. The fourth-order valence-corrected chi connectivity index (χ4v) is 2.95. The van der Waals surface area contributed by atoms with Crippen LogP contribution in [-0.4, -0.2) is 31.2 Å². The minimum Gasteiger partial charge on any atom is -0.481 e. The van der Waals surface area contributed by atoms with Crippen molar-refractivity contribution in [2.45, 2.75) is 5.75 Å². The van der Waals surface area contributed by atoms with E-state index in [1.54, 1.807) is 23.0 Å². The number of carboxylic acid groups (broad SMARTS) is 1. The largest absolute Gasteiger partial charge is 0.481 e. The van der Waals surface area contributed by atoms with Crippen molar-refractivity contribution in [2.75, 3.05) is 5.75 Å². The number of carboxylic acids is 1. The maximum Gasteiger partial charge on any atom is 0.313 e. The Labute approximate surface area is 136 Å². The number of thioether (sulfide) groups is 1. The van der Waals surface area contributed by atoms with Gasteiger partial charge in [-0.2, -0.15) is 5.10 Å². The molecule has 2 aromatic heterocycles. The molecule has 3 aromatic rings. The van der Waals surface area contributed by atoms with Crippen LogP contribution < -0.4 is 0 Å². The first-order valence-electron chi connectivity index (χ1n) is 6.91. The van der Waals surface area contributed by atoms with Crippen LogP contribution in [0.1, 0.15) is 5.56 Å². The molecule has 7 heteroatoms. The van der Waals surface area contributed by atoms with Crippen LogP contribution >= 0.6 is 11.8 Å². The number of hydrogen-bond donors (Lipinski definition) is 1. The van der Waals surface area contributed by atoms with Crippen molar-refractivity contribution in [3.05, 3.63) is 66.4 Å². The molecule has 0 aliphatic heterocycles. The molecule has 1 N–H and O–H groups in total. The molecule has 0 fully saturated rings. The van der Waals surface area contributed by atoms with Gasteiger partial charge in [0.25, 0.3) is 0 Å². The Morgan fingerprint density at radius 2 is 1.91 bits per heavy atom. The van der Waals surface area contributed by atoms with Crippen LogP contribution in [0.2, 0.25) is 0 Å². The molecule has 118 valence electrons. The van der Waals surface area contributed by atoms with Crippen LogP contribution in [0.3, 0.4) is 0 Å². The number of aliphatic carboxylic acids is 1. The molecule has 5 nitrogen and oxygen atoms in total. The summed E-state index contributed by atoms with van der Waals surface area (Å²) in [7, 11) is 0. The van der Waals surface area contributed by atoms with Gasteiger partial charge < -0.3 is 9.67 Å². The molecule has 23 heavy (non-hydrogen) atoms. The van der Waals surface area contributed by atoms with E-state index < -0.39 is 5.97 Å². The van der Waals surface area contributed by atoms with Gasteiger partial charge in [0.15, 0.2) is 0 Å². The number of aromatic nitrogens is 3. The molecule has 0 spiro atoms. The average Bonchev–Trinajstić information content (AvgIpc) is 3.16. The quantitative estimate of drug-likeness (QED) is 0.754. The Morgan fingerprint density at radius 1 is 1.22 bits per heavy atom. The smallest absolute Gasteiger partial charge is 0.313 e. The zero-order chi connectivity index (χ0) is 16.2. The Hall–Kier alpha value is -2.54. The van der Waals surface area contributed by atoms with Crippen LogP contribution in [0.5, 0.6) is 0 Å². The summed E-state index contributed by atoms with van der Waals surface area (Å²) in [4.78, 5) is 10.7. The molecule has 0 radical (unpaired) electrons. The van der Waals surface area contributed by atoms with E-state index >= 15 is 0 Å². The fraction of sp³-hybridized carbons (Fsp3) is 0.125. The second kappa shape index (κ2) is 6.70. The summed E-state index contributed by atoms with van der Waals surface area (Å²) in [6.45, 7) is 0. The Kier molecular flexibility index (Phi) is 4.47. The van der Waals surface area contributed by atoms with E-state index in [1.807, 2.05) is 29.1 Å². The number of halogens is 1. The third-order valence-corrected chi connectivity index (χ3v) is 4.19. The molecule has 1 aromatic carbocycles. The second-order valence-electron chi connectivity index (χ2n) is 4.86. The highest BCUT2D eigenvalue weighted by atomic mass is 32.2. The van der Waals surface area contributed by atoms with Gasteiger partial charge in [0.2, 0.25) is 0 Å². The highest BCUT2D eigenvalue weighted by molar-refractivity contribution is 7.99. The van der Waals surface area contributed by atoms with Crippen LogP contribution in [-0.2, 0) is 10.5 Å². The molecular formula is C16H14FN3O2S. The fourth-order valence-electron chi connectivity index (χ4n) is 2.25. The lowest BCUT2D eigenvalue weighted by Crippen LogP contribution is -2.06. The number of benzene rings is 1. The maximum atomic E-state index is 13.1. The summed E-state index contributed by atoms with van der Waals surface area (Å²) in [5, 5.41) is 13.2. The van der Waals surface area contributed by atoms with E-state index in [4.69, 9.17) is 5.11 Å². The van der Waals surface area contributed by atoms with E-state index in [-0.39, 0.29) is 11.6 Å². The van der Waals surface area contributed by atoms with E-state index in [1.165, 1.54) is 23.9 Å². The van der Waals surface area contributed by atoms with Gasteiger partial charge >= 0.3 is 5.97 Å². The standard InChI is InChI=1S/C16H14FN3O2S/c17-13-3-5-14(6-4-13)20-16(19-7-1-2-8-19)12(9-18-20)10-23-11-15(21)22/h1-9H,10-11H2,(H,21,22). The second-order valence-corrected chi connectivity index (χ2v) is 5.84. The zero-order valence-electron chi connectivity index (χ0n) is 12.1. The molecule has 0 saturated carbocycles. The molecular weight excluding hydrogens is 317 g/mol. The van der Waals surface area contributed by atoms with Crippen molar-refractivity contribution in [1.82, 2.24) is 14.3 Å². The van der Waals surface area contributed by atoms with Gasteiger partial charge in [-0.3, -0.25) is 4.79 Å². The van der Waals surface area contributed by atoms with E-state index in [9.17, 15) is 9.18 Å². The normalized spacial score (nSPS) is 10.8. The number of nitrogens with zero attached hydrogens (tertiary/aromatic N) is 3. The monoisotopic (exact) mass is 331 g/mol. The van der Waals surface area contributed by atoms with E-state index in [0.717, 1.165) is 17.1 Å². The van der Waals surface area contributed by atoms with Crippen LogP contribution in [0.15, 0.2) is 55.0 Å². The van der Waals surface area contributed by atoms with Gasteiger partial charge in [0.05, 0.1) is 17.6 Å². The highest BCUT2D eigenvalue weighted by Crippen LogP contribution is 2.23. The topological polar surface area (TPSA) is 60.0 Å². The summed E-state index contributed by atoms with van der Waals surface area (Å²) in [5.41, 5.74) is 1.65. The third-order valence-electron chi connectivity index (χ3n) is 3.22. The predicted molar refractivity (Wildman–Crippen MR) is 86.6 cm³/mol. The van der Waals surface area contributed by atoms with Crippen molar-refractivity contribution in [2.24, 2.45) is 0 Å². The number of hydrogen-bond acceptors (Lipinski definition) is 3. The lowest BCUT2D eigenvalue weighted by atomic mass is 10.3. The Balaban J connectivity index is 1.98. The van der Waals surface area contributed by atoms with Gasteiger partial charge in [-0.25, -0.2) is 9.07 Å². The zero-order valence-corrected chi connectivity index (χ0v) is 12.9. The lowest BCUT2D eigenvalue weighted by molar-refractivity contribution is -0.133. The maximum absolute atomic E-state index is 13.1. The third kappa shape index (κ3) is 3.45. The minimum absolute atomic E-state index is 0.0346. The van der Waals surface area contributed by atoms with Gasteiger partial charge in [-0.1, -0.05) is 0 Å². The molecule has 0 aliphatic carbocycles. The van der Waals surface area contributed by atoms with Gasteiger partial charge in [0, 0.05) is 23.7 Å². The summed E-state index contributed by atoms with van der Waals surface area (Å²) in [6, 6.07) is 9.88. The minimum atomic E-state index is -0.844. The van der Waals surface area contributed by atoms with E-state index in [0.29, 0.717) is 5.75 Å².